The van der Waals surface area contributed by atoms with Crippen molar-refractivity contribution < 1.29 is 4.74 Å². The Bertz CT molecular complexity index is 383. The predicted octanol–water partition coefficient (Wildman–Crippen LogP) is 1.16. The van der Waals surface area contributed by atoms with Crippen molar-refractivity contribution in [1.29, 1.82) is 0 Å². The van der Waals surface area contributed by atoms with Gasteiger partial charge in [0, 0.05) is 31.4 Å². The van der Waals surface area contributed by atoms with Gasteiger partial charge < -0.3 is 20.3 Å². The maximum absolute atomic E-state index is 5.93. The first-order valence-corrected chi connectivity index (χ1v) is 6.54. The molecule has 2 N–H and O–H groups in total. The first kappa shape index (κ1) is 13.2. The molecule has 1 heterocycles. The monoisotopic (exact) mass is 249 g/mol. The van der Waals surface area contributed by atoms with Crippen molar-refractivity contribution in [2.45, 2.75) is 12.5 Å². The Morgan fingerprint density at radius 2 is 2.22 bits per heavy atom. The van der Waals surface area contributed by atoms with Gasteiger partial charge in [0.15, 0.2) is 0 Å². The number of anilines is 1. The third-order valence-corrected chi connectivity index (χ3v) is 3.56. The van der Waals surface area contributed by atoms with E-state index in [-0.39, 0.29) is 0 Å². The fraction of sp³-hybridized carbons (Fsp3) is 0.571. The Morgan fingerprint density at radius 1 is 1.39 bits per heavy atom. The van der Waals surface area contributed by atoms with E-state index in [4.69, 9.17) is 10.5 Å². The summed E-state index contributed by atoms with van der Waals surface area (Å²) < 4.78 is 5.30. The molecule has 1 aliphatic rings. The van der Waals surface area contributed by atoms with E-state index in [1.165, 1.54) is 12.1 Å². The molecule has 0 radical (unpaired) electrons. The summed E-state index contributed by atoms with van der Waals surface area (Å²) in [4.78, 5) is 4.77. The molecule has 1 unspecified atom stereocenters. The lowest BCUT2D eigenvalue weighted by Gasteiger charge is -2.32. The van der Waals surface area contributed by atoms with Crippen molar-refractivity contribution in [3.63, 3.8) is 0 Å². The van der Waals surface area contributed by atoms with E-state index in [9.17, 15) is 0 Å². The summed E-state index contributed by atoms with van der Waals surface area (Å²) in [6, 6.07) is 8.62. The Kier molecular flexibility index (Phi) is 4.44. The number of benzene rings is 1. The van der Waals surface area contributed by atoms with Gasteiger partial charge in [0.05, 0.1) is 13.2 Å². The van der Waals surface area contributed by atoms with Crippen LogP contribution in [0.2, 0.25) is 0 Å². The minimum Gasteiger partial charge on any atom is -0.497 e. The molecule has 0 bridgehead atoms. The molecule has 1 aromatic carbocycles. The molecule has 4 heteroatoms. The quantitative estimate of drug-likeness (QED) is 0.873. The van der Waals surface area contributed by atoms with Crippen molar-refractivity contribution in [3.8, 4) is 5.75 Å². The highest BCUT2D eigenvalue weighted by Crippen LogP contribution is 2.24. The summed E-state index contributed by atoms with van der Waals surface area (Å²) in [6.45, 7) is 3.89. The Labute approximate surface area is 109 Å². The first-order valence-electron chi connectivity index (χ1n) is 6.54. The van der Waals surface area contributed by atoms with E-state index in [1.807, 2.05) is 12.1 Å². The van der Waals surface area contributed by atoms with Crippen molar-refractivity contribution in [1.82, 2.24) is 4.90 Å². The highest BCUT2D eigenvalue weighted by Gasteiger charge is 2.22. The Balaban J connectivity index is 2.22. The smallest absolute Gasteiger partial charge is 0.120 e. The molecule has 1 atom stereocenters. The van der Waals surface area contributed by atoms with Gasteiger partial charge in [0.2, 0.25) is 0 Å². The molecular weight excluding hydrogens is 226 g/mol. The Hall–Kier alpha value is -1.26. The third-order valence-electron chi connectivity index (χ3n) is 3.56. The van der Waals surface area contributed by atoms with Gasteiger partial charge in [-0.2, -0.15) is 0 Å². The van der Waals surface area contributed by atoms with Crippen LogP contribution in [0.5, 0.6) is 5.75 Å². The van der Waals surface area contributed by atoms with Crippen LogP contribution in [0.3, 0.4) is 0 Å². The van der Waals surface area contributed by atoms with Gasteiger partial charge in [-0.1, -0.05) is 6.07 Å². The van der Waals surface area contributed by atoms with Crippen LogP contribution in [0, 0.1) is 0 Å². The fourth-order valence-electron chi connectivity index (χ4n) is 2.57. The molecule has 0 saturated carbocycles. The van der Waals surface area contributed by atoms with Crippen molar-refractivity contribution in [2.24, 2.45) is 5.73 Å². The number of rotatable bonds is 3. The van der Waals surface area contributed by atoms with E-state index >= 15 is 0 Å². The number of nitrogens with zero attached hydrogens (tertiary/aromatic N) is 2. The van der Waals surface area contributed by atoms with E-state index in [0.717, 1.165) is 25.4 Å². The van der Waals surface area contributed by atoms with E-state index < -0.39 is 0 Å². The number of likely N-dealkylation sites (N-methyl/N-ethyl adjacent to an activating group) is 1. The van der Waals surface area contributed by atoms with Gasteiger partial charge in [-0.15, -0.1) is 0 Å². The molecule has 2 rings (SSSR count). The van der Waals surface area contributed by atoms with Gasteiger partial charge in [0.25, 0.3) is 0 Å². The summed E-state index contributed by atoms with van der Waals surface area (Å²) in [5.41, 5.74) is 7.14. The molecule has 1 saturated heterocycles. The minimum absolute atomic E-state index is 0.379. The number of hydrogen-bond acceptors (Lipinski definition) is 4. The van der Waals surface area contributed by atoms with Gasteiger partial charge in [-0.25, -0.2) is 0 Å². The molecule has 18 heavy (non-hydrogen) atoms. The molecule has 1 aliphatic heterocycles. The first-order chi connectivity index (χ1) is 8.74. The maximum Gasteiger partial charge on any atom is 0.120 e. The van der Waals surface area contributed by atoms with Crippen LogP contribution in [-0.2, 0) is 0 Å². The van der Waals surface area contributed by atoms with Gasteiger partial charge >= 0.3 is 0 Å². The van der Waals surface area contributed by atoms with Crippen LogP contribution in [0.4, 0.5) is 5.69 Å². The van der Waals surface area contributed by atoms with Crippen LogP contribution >= 0.6 is 0 Å². The summed E-state index contributed by atoms with van der Waals surface area (Å²) in [7, 11) is 3.87. The average Bonchev–Trinajstić information content (AvgIpc) is 2.60. The molecule has 1 fully saturated rings. The van der Waals surface area contributed by atoms with Crippen LogP contribution in [0.25, 0.3) is 0 Å². The van der Waals surface area contributed by atoms with Gasteiger partial charge in [0.1, 0.15) is 5.75 Å². The van der Waals surface area contributed by atoms with E-state index in [1.54, 1.807) is 7.11 Å². The number of nitrogens with two attached hydrogens (primary N) is 1. The lowest BCUT2D eigenvalue weighted by molar-refractivity contribution is 0.332. The largest absolute Gasteiger partial charge is 0.497 e. The fourth-order valence-corrected chi connectivity index (χ4v) is 2.57. The van der Waals surface area contributed by atoms with Crippen LogP contribution in [0.1, 0.15) is 6.42 Å². The lowest BCUT2D eigenvalue weighted by Crippen LogP contribution is -2.45. The topological polar surface area (TPSA) is 41.7 Å². The molecule has 0 amide bonds. The zero-order valence-electron chi connectivity index (χ0n) is 11.3. The SMILES string of the molecule is COc1cccc(N2CCCN(C)CC2CN)c1. The lowest BCUT2D eigenvalue weighted by atomic mass is 10.2. The molecule has 0 aromatic heterocycles. The number of hydrogen-bond donors (Lipinski definition) is 1. The Morgan fingerprint density at radius 3 is 2.94 bits per heavy atom. The third kappa shape index (κ3) is 2.94. The number of ether oxygens (including phenoxy) is 1. The second-order valence-electron chi connectivity index (χ2n) is 4.90. The van der Waals surface area contributed by atoms with E-state index in [2.05, 4.69) is 29.0 Å². The molecule has 4 nitrogen and oxygen atoms in total. The molecular formula is C14H23N3O. The van der Waals surface area contributed by atoms with Crippen molar-refractivity contribution >= 4 is 5.69 Å². The number of methoxy groups -OCH3 is 1. The zero-order chi connectivity index (χ0) is 13.0. The zero-order valence-corrected chi connectivity index (χ0v) is 11.3. The van der Waals surface area contributed by atoms with Crippen molar-refractivity contribution in [3.05, 3.63) is 24.3 Å². The molecule has 0 aliphatic carbocycles. The standard InChI is InChI=1S/C14H23N3O/c1-16-7-4-8-17(13(10-15)11-16)12-5-3-6-14(9-12)18-2/h3,5-6,9,13H,4,7-8,10-11,15H2,1-2H3. The molecule has 0 spiro atoms. The summed E-state index contributed by atoms with van der Waals surface area (Å²) >= 11 is 0. The van der Waals surface area contributed by atoms with E-state index in [0.29, 0.717) is 12.6 Å². The summed E-state index contributed by atoms with van der Waals surface area (Å²) in [6.07, 6.45) is 1.17. The minimum atomic E-state index is 0.379. The highest BCUT2D eigenvalue weighted by atomic mass is 16.5. The average molecular weight is 249 g/mol. The van der Waals surface area contributed by atoms with Crippen molar-refractivity contribution in [2.75, 3.05) is 45.2 Å². The highest BCUT2D eigenvalue weighted by molar-refractivity contribution is 5.52. The summed E-state index contributed by atoms with van der Waals surface area (Å²) in [5.74, 6) is 0.904. The molecule has 1 aromatic rings. The second kappa shape index (κ2) is 6.07. The van der Waals surface area contributed by atoms with Gasteiger partial charge in [-0.3, -0.25) is 0 Å². The summed E-state index contributed by atoms with van der Waals surface area (Å²) in [5, 5.41) is 0. The van der Waals surface area contributed by atoms with Gasteiger partial charge in [-0.05, 0) is 32.1 Å². The van der Waals surface area contributed by atoms with Crippen LogP contribution < -0.4 is 15.4 Å². The maximum atomic E-state index is 5.93. The predicted molar refractivity (Wildman–Crippen MR) is 75.3 cm³/mol. The van der Waals surface area contributed by atoms with Crippen LogP contribution in [-0.4, -0.2) is 51.3 Å². The normalized spacial score (nSPS) is 21.7. The van der Waals surface area contributed by atoms with Crippen LogP contribution in [0.15, 0.2) is 24.3 Å². The molecule has 100 valence electrons. The second-order valence-corrected chi connectivity index (χ2v) is 4.90.